The van der Waals surface area contributed by atoms with Gasteiger partial charge in [-0.15, -0.1) is 0 Å². The van der Waals surface area contributed by atoms with E-state index in [1.54, 1.807) is 42.5 Å². The first-order chi connectivity index (χ1) is 13.3. The highest BCUT2D eigenvalue weighted by Crippen LogP contribution is 2.15. The highest BCUT2D eigenvalue weighted by molar-refractivity contribution is 7.89. The van der Waals surface area contributed by atoms with Crippen molar-refractivity contribution in [2.45, 2.75) is 31.3 Å². The molecule has 1 unspecified atom stereocenters. The summed E-state index contributed by atoms with van der Waals surface area (Å²) in [4.78, 5) is 24.1. The van der Waals surface area contributed by atoms with Gasteiger partial charge in [0.2, 0.25) is 15.8 Å². The van der Waals surface area contributed by atoms with E-state index in [-0.39, 0.29) is 23.6 Å². The lowest BCUT2D eigenvalue weighted by Crippen LogP contribution is -2.29. The molecule has 0 saturated heterocycles. The molecule has 0 aliphatic carbocycles. The molecule has 0 saturated carbocycles. The summed E-state index contributed by atoms with van der Waals surface area (Å²) in [5, 5.41) is 0. The zero-order chi connectivity index (χ0) is 20.6. The lowest BCUT2D eigenvalue weighted by Gasteiger charge is -2.13. The van der Waals surface area contributed by atoms with Crippen LogP contribution in [0.2, 0.25) is 0 Å². The Morgan fingerprint density at radius 2 is 1.68 bits per heavy atom. The Morgan fingerprint density at radius 1 is 1.04 bits per heavy atom. The molecule has 0 bridgehead atoms. The van der Waals surface area contributed by atoms with E-state index < -0.39 is 22.1 Å². The van der Waals surface area contributed by atoms with Crippen molar-refractivity contribution in [2.24, 2.45) is 0 Å². The van der Waals surface area contributed by atoms with Crippen molar-refractivity contribution in [2.75, 3.05) is 13.2 Å². The van der Waals surface area contributed by atoms with Gasteiger partial charge in [-0.2, -0.15) is 0 Å². The summed E-state index contributed by atoms with van der Waals surface area (Å²) in [5.41, 5.74) is 0.444. The maximum atomic E-state index is 12.2. The SMILES string of the molecule is CCOc1ccc(S(=O)(=O)NCCC(=O)OC(C)C(=O)c2ccccc2)cc1. The average molecular weight is 405 g/mol. The average Bonchev–Trinajstić information content (AvgIpc) is 2.68. The van der Waals surface area contributed by atoms with Crippen molar-refractivity contribution in [1.29, 1.82) is 0 Å². The topological polar surface area (TPSA) is 98.8 Å². The predicted octanol–water partition coefficient (Wildman–Crippen LogP) is 2.57. The van der Waals surface area contributed by atoms with Crippen molar-refractivity contribution in [3.8, 4) is 5.75 Å². The second-order valence-corrected chi connectivity index (χ2v) is 7.68. The molecule has 1 N–H and O–H groups in total. The Kier molecular flexibility index (Phi) is 7.71. The number of carbonyl (C=O) groups is 2. The van der Waals surface area contributed by atoms with Crippen molar-refractivity contribution >= 4 is 21.8 Å². The Hall–Kier alpha value is -2.71. The van der Waals surface area contributed by atoms with Crippen LogP contribution < -0.4 is 9.46 Å². The molecule has 1 atom stereocenters. The standard InChI is InChI=1S/C20H23NO6S/c1-3-26-17-9-11-18(12-10-17)28(24,25)21-14-13-19(22)27-15(2)20(23)16-7-5-4-6-8-16/h4-12,15,21H,3,13-14H2,1-2H3. The van der Waals surface area contributed by atoms with Gasteiger partial charge in [-0.25, -0.2) is 13.1 Å². The second kappa shape index (κ2) is 10.0. The molecule has 150 valence electrons. The van der Waals surface area contributed by atoms with Gasteiger partial charge in [-0.1, -0.05) is 30.3 Å². The summed E-state index contributed by atoms with van der Waals surface area (Å²) < 4.78 is 37.2. The zero-order valence-electron chi connectivity index (χ0n) is 15.8. The van der Waals surface area contributed by atoms with E-state index in [1.165, 1.54) is 19.1 Å². The van der Waals surface area contributed by atoms with Gasteiger partial charge in [0, 0.05) is 12.1 Å². The second-order valence-electron chi connectivity index (χ2n) is 5.91. The fourth-order valence-corrected chi connectivity index (χ4v) is 3.43. The van der Waals surface area contributed by atoms with Crippen LogP contribution in [0.1, 0.15) is 30.6 Å². The largest absolute Gasteiger partial charge is 0.494 e. The maximum Gasteiger partial charge on any atom is 0.307 e. The number of Topliss-reactive ketones (excluding diaryl/α,β-unsaturated/α-hetero) is 1. The minimum Gasteiger partial charge on any atom is -0.494 e. The molecule has 8 heteroatoms. The lowest BCUT2D eigenvalue weighted by molar-refractivity contribution is -0.146. The highest BCUT2D eigenvalue weighted by atomic mass is 32.2. The van der Waals surface area contributed by atoms with E-state index >= 15 is 0 Å². The first-order valence-corrected chi connectivity index (χ1v) is 10.3. The number of ketones is 1. The zero-order valence-corrected chi connectivity index (χ0v) is 16.6. The van der Waals surface area contributed by atoms with Crippen LogP contribution in [0.15, 0.2) is 59.5 Å². The van der Waals surface area contributed by atoms with Crippen LogP contribution >= 0.6 is 0 Å². The number of sulfonamides is 1. The minimum atomic E-state index is -3.76. The van der Waals surface area contributed by atoms with Crippen LogP contribution in [0, 0.1) is 0 Å². The number of hydrogen-bond donors (Lipinski definition) is 1. The van der Waals surface area contributed by atoms with Gasteiger partial charge >= 0.3 is 5.97 Å². The predicted molar refractivity (Wildman–Crippen MR) is 104 cm³/mol. The molecule has 0 aliphatic heterocycles. The first kappa shape index (κ1) is 21.6. The Bertz CT molecular complexity index is 894. The molecule has 0 aliphatic rings. The molecule has 2 aromatic carbocycles. The van der Waals surface area contributed by atoms with Gasteiger partial charge in [-0.05, 0) is 38.1 Å². The van der Waals surface area contributed by atoms with Gasteiger partial charge in [0.25, 0.3) is 0 Å². The summed E-state index contributed by atoms with van der Waals surface area (Å²) in [7, 11) is -3.76. The van der Waals surface area contributed by atoms with E-state index in [4.69, 9.17) is 9.47 Å². The van der Waals surface area contributed by atoms with Crippen molar-refractivity contribution < 1.29 is 27.5 Å². The third kappa shape index (κ3) is 6.17. The summed E-state index contributed by atoms with van der Waals surface area (Å²) in [6.07, 6.45) is -1.14. The normalized spacial score (nSPS) is 12.2. The van der Waals surface area contributed by atoms with Gasteiger partial charge < -0.3 is 9.47 Å². The molecule has 7 nitrogen and oxygen atoms in total. The van der Waals surface area contributed by atoms with E-state index in [0.717, 1.165) is 0 Å². The molecule has 0 radical (unpaired) electrons. The third-order valence-corrected chi connectivity index (χ3v) is 5.28. The first-order valence-electron chi connectivity index (χ1n) is 8.84. The number of hydrogen-bond acceptors (Lipinski definition) is 6. The molecule has 2 aromatic rings. The Labute approximate surface area is 164 Å². The monoisotopic (exact) mass is 405 g/mol. The molecular formula is C20H23NO6S. The number of nitrogens with one attached hydrogen (secondary N) is 1. The molecule has 0 spiro atoms. The van der Waals surface area contributed by atoms with E-state index in [9.17, 15) is 18.0 Å². The minimum absolute atomic E-state index is 0.0666. The van der Waals surface area contributed by atoms with Crippen molar-refractivity contribution in [3.05, 3.63) is 60.2 Å². The van der Waals surface area contributed by atoms with E-state index in [0.29, 0.717) is 17.9 Å². The maximum absolute atomic E-state index is 12.2. The number of benzene rings is 2. The number of rotatable bonds is 10. The van der Waals surface area contributed by atoms with Gasteiger partial charge in [-0.3, -0.25) is 9.59 Å². The number of esters is 1. The fraction of sp³-hybridized carbons (Fsp3) is 0.300. The molecular weight excluding hydrogens is 382 g/mol. The molecule has 0 amide bonds. The third-order valence-electron chi connectivity index (χ3n) is 3.80. The molecule has 0 heterocycles. The van der Waals surface area contributed by atoms with Crippen molar-refractivity contribution in [1.82, 2.24) is 4.72 Å². The van der Waals surface area contributed by atoms with Gasteiger partial charge in [0.1, 0.15) is 5.75 Å². The quantitative estimate of drug-likeness (QED) is 0.482. The van der Waals surface area contributed by atoms with Crippen LogP contribution in [0.25, 0.3) is 0 Å². The molecule has 0 fully saturated rings. The number of ether oxygens (including phenoxy) is 2. The lowest BCUT2D eigenvalue weighted by atomic mass is 10.1. The van der Waals surface area contributed by atoms with Crippen LogP contribution in [-0.4, -0.2) is 39.4 Å². The summed E-state index contributed by atoms with van der Waals surface area (Å²) in [6, 6.07) is 14.5. The van der Waals surface area contributed by atoms with E-state index in [2.05, 4.69) is 4.72 Å². The van der Waals surface area contributed by atoms with Crippen LogP contribution in [-0.2, 0) is 19.6 Å². The van der Waals surface area contributed by atoms with Crippen LogP contribution in [0.5, 0.6) is 5.75 Å². The van der Waals surface area contributed by atoms with Gasteiger partial charge in [0.05, 0.1) is 17.9 Å². The van der Waals surface area contributed by atoms with Crippen molar-refractivity contribution in [3.63, 3.8) is 0 Å². The van der Waals surface area contributed by atoms with E-state index in [1.807, 2.05) is 6.92 Å². The highest BCUT2D eigenvalue weighted by Gasteiger charge is 2.20. The Balaban J connectivity index is 1.83. The fourth-order valence-electron chi connectivity index (χ4n) is 2.40. The van der Waals surface area contributed by atoms with Crippen LogP contribution in [0.3, 0.4) is 0 Å². The summed E-state index contributed by atoms with van der Waals surface area (Å²) in [6.45, 7) is 3.66. The van der Waals surface area contributed by atoms with Crippen LogP contribution in [0.4, 0.5) is 0 Å². The summed E-state index contributed by atoms with van der Waals surface area (Å²) >= 11 is 0. The molecule has 28 heavy (non-hydrogen) atoms. The van der Waals surface area contributed by atoms with Gasteiger partial charge in [0.15, 0.2) is 6.10 Å². The summed E-state index contributed by atoms with van der Waals surface area (Å²) in [5.74, 6) is -0.405. The molecule has 0 aromatic heterocycles. The molecule has 2 rings (SSSR count). The number of carbonyl (C=O) groups excluding carboxylic acids is 2. The smallest absolute Gasteiger partial charge is 0.307 e. The Morgan fingerprint density at radius 3 is 2.29 bits per heavy atom.